The summed E-state index contributed by atoms with van der Waals surface area (Å²) in [7, 11) is -16.2. The first kappa shape index (κ1) is 69.3. The third kappa shape index (κ3) is 18.0. The zero-order chi connectivity index (χ0) is 53.1. The van der Waals surface area contributed by atoms with Crippen LogP contribution in [-0.4, -0.2) is 101 Å². The summed E-state index contributed by atoms with van der Waals surface area (Å²) >= 11 is 0. The monoisotopic (exact) mass is 1200 g/mol. The van der Waals surface area contributed by atoms with Crippen LogP contribution in [0.5, 0.6) is 0 Å². The Hall–Kier alpha value is -2.94. The fourth-order valence-electron chi connectivity index (χ4n) is 9.51. The molecule has 78 heavy (non-hydrogen) atoms. The van der Waals surface area contributed by atoms with Gasteiger partial charge in [0.2, 0.25) is 0 Å². The van der Waals surface area contributed by atoms with Crippen LogP contribution in [0.15, 0.2) is 243 Å². The molecule has 4 N–H and O–H groups in total. The van der Waals surface area contributed by atoms with Gasteiger partial charge < -0.3 is 29.3 Å². The molecule has 0 spiro atoms. The van der Waals surface area contributed by atoms with Crippen molar-refractivity contribution in [1.29, 1.82) is 0 Å². The van der Waals surface area contributed by atoms with Gasteiger partial charge in [0.15, 0.2) is 14.1 Å². The Morgan fingerprint density at radius 3 is 0.564 bits per heavy atom. The summed E-state index contributed by atoms with van der Waals surface area (Å²) in [5.74, 6) is 0. The Balaban J connectivity index is 0.000000390. The van der Waals surface area contributed by atoms with Gasteiger partial charge in [-0.3, -0.25) is 0 Å². The molecule has 0 aliphatic heterocycles. The largest absolute Gasteiger partial charge is 2.00 e. The van der Waals surface area contributed by atoms with E-state index < -0.39 is 61.1 Å². The quantitative estimate of drug-likeness (QED) is 0.0741. The fraction of sp³-hybridized carbons (Fsp3) is 0.194. The molecule has 0 aromatic heterocycles. The normalized spacial score (nSPS) is 12.1. The average Bonchev–Trinajstić information content (AvgIpc) is 3.38. The van der Waals surface area contributed by atoms with E-state index in [0.717, 1.165) is 0 Å². The summed E-state index contributed by atoms with van der Waals surface area (Å²) in [6, 6.07) is 88.9. The maximum Gasteiger partial charge on any atom is 2.00 e. The summed E-state index contributed by atoms with van der Waals surface area (Å²) in [5, 5.41) is 10.8. The van der Waals surface area contributed by atoms with Gasteiger partial charge in [-0.05, 0) is 120 Å². The molecule has 0 aliphatic carbocycles. The summed E-state index contributed by atoms with van der Waals surface area (Å²) in [5.41, 5.74) is 5.48. The Labute approximate surface area is 506 Å². The third-order valence-corrected chi connectivity index (χ3v) is 41.6. The average molecular weight is 1200 g/mol. The van der Waals surface area contributed by atoms with Gasteiger partial charge in [0.1, 0.15) is 0 Å². The first-order chi connectivity index (χ1) is 35.1. The van der Waals surface area contributed by atoms with E-state index in [4.69, 9.17) is 9.51 Å². The van der Waals surface area contributed by atoms with Gasteiger partial charge >= 0.3 is 62.6 Å². The molecule has 0 saturated heterocycles. The van der Waals surface area contributed by atoms with Gasteiger partial charge in [-0.2, -0.15) is 0 Å². The van der Waals surface area contributed by atoms with Crippen molar-refractivity contribution >= 4 is 161 Å². The van der Waals surface area contributed by atoms with Crippen LogP contribution in [0.1, 0.15) is 0 Å². The second-order valence-corrected chi connectivity index (χ2v) is 55.7. The minimum atomic E-state index is -2.29. The summed E-state index contributed by atoms with van der Waals surface area (Å²) in [6.07, 6.45) is 0. The first-order valence-corrected chi connectivity index (χ1v) is 47.1. The maximum atomic E-state index is 5.94. The predicted molar refractivity (Wildman–Crippen MR) is 366 cm³/mol. The van der Waals surface area contributed by atoms with Gasteiger partial charge in [-0.15, -0.1) is 14.1 Å². The molecule has 0 bridgehead atoms. The van der Waals surface area contributed by atoms with E-state index in [-0.39, 0.29) is 57.1 Å². The van der Waals surface area contributed by atoms with E-state index in [1.54, 1.807) is 0 Å². The number of benzene rings is 8. The molecular formula is C62H82Mg2N4O2P4Si4+2. The predicted octanol–water partition coefficient (Wildman–Crippen LogP) is 11.5. The molecule has 0 aliphatic rings. The van der Waals surface area contributed by atoms with Crippen molar-refractivity contribution in [2.45, 2.75) is 78.6 Å². The zero-order valence-electron chi connectivity index (χ0n) is 48.2. The van der Waals surface area contributed by atoms with Crippen molar-refractivity contribution in [3.05, 3.63) is 252 Å². The van der Waals surface area contributed by atoms with Crippen LogP contribution >= 0.6 is 28.2 Å². The standard InChI is InChI=1S/2C31H39N2P2Si2.2Mg.2H2O/c2*1-36(2,3)32-34(28-19-11-7-12-20-28,29-21-13-8-14-22-29)27-35(33-37(4,5)6,30-23-15-9-16-24-30)31-25-17-10-18-26-31;;;;/h2*7-27H,1-6H3;;;2*1H2/q2*-1;2*+2;;. The molecule has 0 radical (unpaired) electrons. The minimum absolute atomic E-state index is 0. The van der Waals surface area contributed by atoms with E-state index in [2.05, 4.69) is 341 Å². The van der Waals surface area contributed by atoms with Crippen molar-refractivity contribution in [2.75, 3.05) is 0 Å². The molecule has 8 aromatic carbocycles. The first-order valence-electron chi connectivity index (χ1n) is 25.9. The van der Waals surface area contributed by atoms with E-state index >= 15 is 0 Å². The van der Waals surface area contributed by atoms with E-state index in [0.29, 0.717) is 0 Å². The van der Waals surface area contributed by atoms with Crippen molar-refractivity contribution in [3.63, 3.8) is 0 Å². The number of rotatable bonds is 16. The molecule has 0 heterocycles. The molecule has 0 fully saturated rings. The van der Waals surface area contributed by atoms with Gasteiger partial charge in [-0.1, -0.05) is 250 Å². The molecular weight excluding hydrogens is 1120 g/mol. The maximum absolute atomic E-state index is 5.94. The van der Waals surface area contributed by atoms with E-state index in [1.807, 2.05) is 0 Å². The van der Waals surface area contributed by atoms with E-state index in [1.165, 1.54) is 42.4 Å². The summed E-state index contributed by atoms with van der Waals surface area (Å²) < 4.78 is 20.6. The molecule has 6 nitrogen and oxygen atoms in total. The number of nitrogens with zero attached hydrogens (tertiary/aromatic N) is 2. The molecule has 0 amide bonds. The smallest absolute Gasteiger partial charge is 0.870 e. The van der Waals surface area contributed by atoms with Crippen LogP contribution < -0.4 is 51.3 Å². The number of hydrogen-bond acceptors (Lipinski definition) is 2. The van der Waals surface area contributed by atoms with Crippen LogP contribution in [0.4, 0.5) is 0 Å². The summed E-state index contributed by atoms with van der Waals surface area (Å²) in [6.45, 7) is 28.8. The minimum Gasteiger partial charge on any atom is -0.870 e. The fourth-order valence-corrected chi connectivity index (χ4v) is 46.8. The summed E-state index contributed by atoms with van der Waals surface area (Å²) in [4.78, 5) is 0. The van der Waals surface area contributed by atoms with Crippen LogP contribution in [0.25, 0.3) is 9.51 Å². The number of nitrogens with one attached hydrogen (secondary N) is 2. The van der Waals surface area contributed by atoms with Gasteiger partial charge in [0, 0.05) is 21.2 Å². The van der Waals surface area contributed by atoms with Gasteiger partial charge in [0.05, 0.1) is 0 Å². The van der Waals surface area contributed by atoms with Crippen LogP contribution in [0.2, 0.25) is 78.6 Å². The SMILES string of the molecule is C[Si](C)(C)[N-]P(=CP(=[NH+][Si](C)(C)C)(c1ccccc1)c1ccccc1)(c1ccccc1)c1ccccc1.C[Si](C)(C)[N-]P(=CP(=[NH+][Si](C)(C)C)(c1ccccc1)c1ccccc1)(c1ccccc1)c1ccccc1.[Mg+2].[Mg+2].[OH-].[OH-]. The third-order valence-electron chi connectivity index (χ3n) is 11.9. The van der Waals surface area contributed by atoms with Gasteiger partial charge in [0.25, 0.3) is 0 Å². The Bertz CT molecular complexity index is 2890. The Morgan fingerprint density at radius 2 is 0.423 bits per heavy atom. The molecule has 400 valence electrons. The van der Waals surface area contributed by atoms with Crippen LogP contribution in [0, 0.1) is 0 Å². The van der Waals surface area contributed by atoms with E-state index in [9.17, 15) is 0 Å². The molecule has 8 aromatic rings. The molecule has 8 rings (SSSR count). The molecule has 0 unspecified atom stereocenters. The topological polar surface area (TPSA) is 116 Å². The van der Waals surface area contributed by atoms with Crippen molar-refractivity contribution < 1.29 is 19.8 Å². The molecule has 0 atom stereocenters. The van der Waals surface area contributed by atoms with Crippen molar-refractivity contribution in [3.8, 4) is 0 Å². The Morgan fingerprint density at radius 1 is 0.269 bits per heavy atom. The van der Waals surface area contributed by atoms with Crippen molar-refractivity contribution in [1.82, 2.24) is 0 Å². The zero-order valence-corrected chi connectivity index (χ0v) is 58.6. The van der Waals surface area contributed by atoms with Crippen molar-refractivity contribution in [2.24, 2.45) is 0 Å². The number of hydrogen-bond donors (Lipinski definition) is 2. The second kappa shape index (κ2) is 29.9. The van der Waals surface area contributed by atoms with Crippen LogP contribution in [-0.2, 0) is 0 Å². The van der Waals surface area contributed by atoms with Crippen LogP contribution in [0.3, 0.4) is 0 Å². The Kier molecular flexibility index (Phi) is 26.5. The van der Waals surface area contributed by atoms with Gasteiger partial charge in [-0.25, -0.2) is 0 Å². The second-order valence-electron chi connectivity index (χ2n) is 23.0. The molecule has 16 heteroatoms. The molecule has 0 saturated carbocycles.